The van der Waals surface area contributed by atoms with Gasteiger partial charge in [0.1, 0.15) is 5.57 Å². The van der Waals surface area contributed by atoms with E-state index in [-0.39, 0.29) is 35.0 Å². The fourth-order valence-electron chi connectivity index (χ4n) is 13.6. The van der Waals surface area contributed by atoms with Crippen LogP contribution in [0.5, 0.6) is 0 Å². The maximum atomic E-state index is 13.2. The van der Waals surface area contributed by atoms with E-state index in [0.717, 1.165) is 60.9 Å². The van der Waals surface area contributed by atoms with Crippen molar-refractivity contribution in [1.29, 1.82) is 0 Å². The van der Waals surface area contributed by atoms with Gasteiger partial charge in [0.2, 0.25) is 5.90 Å². The number of carbonyl (C=O) groups is 5. The minimum absolute atomic E-state index is 0.113. The molecule has 568 valence electrons. The van der Waals surface area contributed by atoms with Gasteiger partial charge in [0.25, 0.3) is 29.5 Å². The minimum atomic E-state index is -0.579. The molecule has 0 aromatic heterocycles. The van der Waals surface area contributed by atoms with E-state index in [1.807, 2.05) is 239 Å². The summed E-state index contributed by atoms with van der Waals surface area (Å²) in [4.78, 5) is 75.5. The summed E-state index contributed by atoms with van der Waals surface area (Å²) in [6.07, 6.45) is 9.44. The quantitative estimate of drug-likeness (QED) is 0.0789. The molecule has 6 heterocycles. The molecular formula is C90H97N15O6. The van der Waals surface area contributed by atoms with Crippen LogP contribution in [0.15, 0.2) is 296 Å². The lowest BCUT2D eigenvalue weighted by Gasteiger charge is -2.26. The van der Waals surface area contributed by atoms with Gasteiger partial charge in [0.05, 0.1) is 69.1 Å². The molecule has 0 N–H and O–H groups in total. The Balaban J connectivity index is 0.000000147. The molecule has 21 nitrogen and oxygen atoms in total. The average molecular weight is 1480 g/mol. The van der Waals surface area contributed by atoms with Crippen molar-refractivity contribution in [3.05, 3.63) is 287 Å². The summed E-state index contributed by atoms with van der Waals surface area (Å²) in [7, 11) is 7.63. The van der Waals surface area contributed by atoms with Gasteiger partial charge in [-0.3, -0.25) is 24.0 Å². The molecule has 8 aromatic carbocycles. The third-order valence-corrected chi connectivity index (χ3v) is 19.5. The zero-order chi connectivity index (χ0) is 79.0. The maximum absolute atomic E-state index is 13.2. The molecule has 6 aliphatic heterocycles. The first kappa shape index (κ1) is 79.0. The molecule has 0 aliphatic carbocycles. The van der Waals surface area contributed by atoms with E-state index in [0.29, 0.717) is 69.3 Å². The first-order valence-corrected chi connectivity index (χ1v) is 37.6. The van der Waals surface area contributed by atoms with E-state index in [2.05, 4.69) is 143 Å². The van der Waals surface area contributed by atoms with Gasteiger partial charge in [-0.25, -0.2) is 0 Å². The number of hydrogen-bond donors (Lipinski definition) is 0. The molecule has 5 amide bonds. The topological polar surface area (TPSA) is 189 Å². The van der Waals surface area contributed by atoms with Gasteiger partial charge in [-0.1, -0.05) is 153 Å². The summed E-state index contributed by atoms with van der Waals surface area (Å²) in [6, 6.07) is 71.9. The highest BCUT2D eigenvalue weighted by Crippen LogP contribution is 2.48. The molecule has 0 bridgehead atoms. The van der Waals surface area contributed by atoms with Crippen LogP contribution in [-0.4, -0.2) is 136 Å². The van der Waals surface area contributed by atoms with Crippen molar-refractivity contribution >= 4 is 116 Å². The molecule has 0 saturated heterocycles. The molecule has 1 unspecified atom stereocenters. The zero-order valence-corrected chi connectivity index (χ0v) is 65.7. The molecule has 0 radical (unpaired) electrons. The molecule has 14 rings (SSSR count). The van der Waals surface area contributed by atoms with E-state index in [1.165, 1.54) is 53.4 Å². The summed E-state index contributed by atoms with van der Waals surface area (Å²) < 4.78 is 5.62. The lowest BCUT2D eigenvalue weighted by Crippen LogP contribution is -2.27. The van der Waals surface area contributed by atoms with Crippen molar-refractivity contribution in [3.8, 4) is 0 Å². The number of anilines is 8. The third-order valence-electron chi connectivity index (χ3n) is 19.5. The summed E-state index contributed by atoms with van der Waals surface area (Å²) in [6.45, 7) is 25.8. The second kappa shape index (κ2) is 35.8. The van der Waals surface area contributed by atoms with Gasteiger partial charge in [-0.2, -0.15) is 35.2 Å². The number of rotatable bonds is 17. The molecule has 6 aliphatic rings. The average Bonchev–Trinajstić information content (AvgIpc) is 1.59. The number of carbonyl (C=O) groups excluding carboxylic acids is 5. The summed E-state index contributed by atoms with van der Waals surface area (Å²) in [5.74, 6) is 0.286. The normalized spacial score (nSPS) is 18.0. The van der Waals surface area contributed by atoms with Crippen molar-refractivity contribution in [2.75, 3.05) is 107 Å². The molecule has 21 heteroatoms. The maximum Gasteiger partial charge on any atom is 0.284 e. The SMILES string of the molecule is CC1=NN(c2ccccc2)C(=O)/C1=C\C1C(=O)N(c2ccccc2)N=C1C.CCN(CC)c1ccc(/C=C2\C(=O)N(c3ccccc3)N=C2N(C)C)cc1.CCN1/C(=C\C=C2\C(=O)N(c3ccccc3)N=C2N(C)C)C(C)(C)c2ccccc21.CCOC1=NN(c2ccccc2)C(=O)/C1=C\c1ccc(N(CC)CC)cc1. The highest BCUT2D eigenvalue weighted by molar-refractivity contribution is 6.33. The van der Waals surface area contributed by atoms with E-state index in [1.54, 1.807) is 19.9 Å². The molecule has 1 atom stereocenters. The monoisotopic (exact) mass is 1480 g/mol. The van der Waals surface area contributed by atoms with Crippen LogP contribution in [0.2, 0.25) is 0 Å². The number of hydrogen-bond acceptors (Lipinski definition) is 16. The lowest BCUT2D eigenvalue weighted by atomic mass is 9.83. The highest BCUT2D eigenvalue weighted by atomic mass is 16.5. The highest BCUT2D eigenvalue weighted by Gasteiger charge is 2.41. The van der Waals surface area contributed by atoms with Crippen LogP contribution in [0.3, 0.4) is 0 Å². The van der Waals surface area contributed by atoms with Crippen LogP contribution >= 0.6 is 0 Å². The lowest BCUT2D eigenvalue weighted by molar-refractivity contribution is -0.119. The standard InChI is InChI=1S/C25H28N4O.C22H26N4O.C22H25N3O2.C21H18N4O2/c1-6-28-21-15-11-10-14-20(21)25(2,3)22(28)17-16-19-23(27(4)5)26-29(24(19)30)18-12-8-7-9-13-18;1-5-25(6-2)18-14-12-17(13-15-18)16-20-21(24(3)4)23-26(22(20)27)19-10-8-7-9-11-19;1-4-24(5-2)18-14-12-17(13-15-18)16-20-21(27-6-3)23-25(22(20)26)19-10-8-7-9-11-19;1-14-18(20(26)24(22-14)16-9-5-3-6-10-16)13-19-15(2)23-25(21(19)27)17-11-7-4-8-12-17/h7-17H,6H2,1-5H3;7-16H,5-6H2,1-4H3;7-16H,4-6H2,1-3H3;3-13,18H,1-2H3/b19-16+,22-17-;2*20-16-;19-13-. The Hall–Kier alpha value is -13.0. The zero-order valence-electron chi connectivity index (χ0n) is 65.7. The van der Waals surface area contributed by atoms with Gasteiger partial charge in [-0.15, -0.1) is 15.3 Å². The van der Waals surface area contributed by atoms with Crippen molar-refractivity contribution in [3.63, 3.8) is 0 Å². The first-order valence-electron chi connectivity index (χ1n) is 37.6. The predicted octanol–water partition coefficient (Wildman–Crippen LogP) is 16.1. The first-order chi connectivity index (χ1) is 53.6. The number of para-hydroxylation sites is 6. The number of fused-ring (bicyclic) bond motifs is 1. The second-order valence-electron chi connectivity index (χ2n) is 27.4. The van der Waals surface area contributed by atoms with Crippen LogP contribution in [0.4, 0.5) is 45.5 Å². The number of ether oxygens (including phenoxy) is 1. The van der Waals surface area contributed by atoms with E-state index in [4.69, 9.17) is 4.74 Å². The van der Waals surface area contributed by atoms with Gasteiger partial charge >= 0.3 is 0 Å². The third kappa shape index (κ3) is 17.4. The Morgan fingerprint density at radius 2 is 0.793 bits per heavy atom. The van der Waals surface area contributed by atoms with Crippen LogP contribution in [0.25, 0.3) is 12.2 Å². The number of amidine groups is 2. The second-order valence-corrected chi connectivity index (χ2v) is 27.4. The van der Waals surface area contributed by atoms with Gasteiger partial charge in [-0.05, 0) is 187 Å². The van der Waals surface area contributed by atoms with E-state index >= 15 is 0 Å². The summed E-state index contributed by atoms with van der Waals surface area (Å²) in [5, 5.41) is 29.3. The molecule has 0 fully saturated rings. The fraction of sp³-hybridized carbons (Fsp3) is 0.244. The van der Waals surface area contributed by atoms with E-state index in [9.17, 15) is 24.0 Å². The number of hydrazone groups is 5. The van der Waals surface area contributed by atoms with Crippen LogP contribution < -0.4 is 39.7 Å². The Labute approximate surface area is 652 Å². The van der Waals surface area contributed by atoms with Crippen LogP contribution in [-0.2, 0) is 34.1 Å². The number of benzene rings is 8. The van der Waals surface area contributed by atoms with Crippen molar-refractivity contribution in [2.24, 2.45) is 31.4 Å². The summed E-state index contributed by atoms with van der Waals surface area (Å²) >= 11 is 0. The van der Waals surface area contributed by atoms with Crippen molar-refractivity contribution < 1.29 is 28.7 Å². The van der Waals surface area contributed by atoms with Crippen LogP contribution in [0.1, 0.15) is 85.9 Å². The Morgan fingerprint density at radius 1 is 0.414 bits per heavy atom. The number of nitrogens with zero attached hydrogens (tertiary/aromatic N) is 15. The van der Waals surface area contributed by atoms with Gasteiger partial charge in [0.15, 0.2) is 11.7 Å². The summed E-state index contributed by atoms with van der Waals surface area (Å²) in [5.41, 5.74) is 14.9. The number of amides is 5. The van der Waals surface area contributed by atoms with E-state index < -0.39 is 5.92 Å². The smallest absolute Gasteiger partial charge is 0.284 e. The number of allylic oxidation sites excluding steroid dienone is 3. The molecule has 0 saturated carbocycles. The molecule has 111 heavy (non-hydrogen) atoms. The van der Waals surface area contributed by atoms with Gasteiger partial charge in [0, 0.05) is 89.1 Å². The molecular weight excluding hydrogens is 1390 g/mol. The van der Waals surface area contributed by atoms with Crippen molar-refractivity contribution in [2.45, 2.75) is 74.7 Å². The molecule has 0 spiro atoms. The number of likely N-dealkylation sites (N-methyl/N-ethyl adjacent to an activating group) is 3. The van der Waals surface area contributed by atoms with Crippen LogP contribution in [0, 0.1) is 5.92 Å². The van der Waals surface area contributed by atoms with Crippen molar-refractivity contribution in [1.82, 2.24) is 9.80 Å². The fourth-order valence-corrected chi connectivity index (χ4v) is 13.6. The minimum Gasteiger partial charge on any atom is -0.476 e. The Kier molecular flexibility index (Phi) is 25.5. The molecule has 8 aromatic rings. The largest absolute Gasteiger partial charge is 0.476 e. The Bertz CT molecular complexity index is 5000. The predicted molar refractivity (Wildman–Crippen MR) is 453 cm³/mol. The Morgan fingerprint density at radius 3 is 1.23 bits per heavy atom. The van der Waals surface area contributed by atoms with Gasteiger partial charge < -0.3 is 29.2 Å².